The monoisotopic (exact) mass is 430 g/mol. The van der Waals surface area contributed by atoms with E-state index < -0.39 is 30.3 Å². The maximum atomic E-state index is 14.8. The van der Waals surface area contributed by atoms with Crippen molar-refractivity contribution in [3.63, 3.8) is 0 Å². The van der Waals surface area contributed by atoms with Crippen molar-refractivity contribution >= 4 is 12.0 Å². The van der Waals surface area contributed by atoms with Gasteiger partial charge in [-0.3, -0.25) is 0 Å². The second-order valence-corrected chi connectivity index (χ2v) is 8.21. The predicted molar refractivity (Wildman–Crippen MR) is 112 cm³/mol. The van der Waals surface area contributed by atoms with Crippen LogP contribution in [0.1, 0.15) is 32.8 Å². The molecule has 1 aromatic carbocycles. The average Bonchev–Trinajstić information content (AvgIpc) is 2.68. The molecule has 0 bridgehead atoms. The first-order valence-electron chi connectivity index (χ1n) is 9.70. The molecule has 1 amide bonds. The van der Waals surface area contributed by atoms with E-state index in [0.29, 0.717) is 16.8 Å². The van der Waals surface area contributed by atoms with Crippen molar-refractivity contribution in [2.24, 2.45) is 0 Å². The first-order chi connectivity index (χ1) is 14.5. The molecule has 0 radical (unpaired) electrons. The van der Waals surface area contributed by atoms with Gasteiger partial charge in [-0.2, -0.15) is 0 Å². The summed E-state index contributed by atoms with van der Waals surface area (Å²) in [6.07, 6.45) is 4.81. The van der Waals surface area contributed by atoms with Crippen LogP contribution in [0.2, 0.25) is 0 Å². The van der Waals surface area contributed by atoms with E-state index >= 15 is 0 Å². The summed E-state index contributed by atoms with van der Waals surface area (Å²) in [5, 5.41) is 0. The fraction of sp³-hybridized carbons (Fsp3) is 0.409. The van der Waals surface area contributed by atoms with Crippen LogP contribution in [0.3, 0.4) is 0 Å². The lowest BCUT2D eigenvalue weighted by Gasteiger charge is -2.38. The lowest BCUT2D eigenvalue weighted by Crippen LogP contribution is -2.56. The molecule has 2 aromatic rings. The minimum absolute atomic E-state index is 0.0690. The number of ether oxygens (including phenoxy) is 2. The molecule has 1 aliphatic rings. The van der Waals surface area contributed by atoms with Gasteiger partial charge in [0, 0.05) is 24.7 Å². The Morgan fingerprint density at radius 3 is 2.71 bits per heavy atom. The van der Waals surface area contributed by atoms with E-state index in [1.165, 1.54) is 12.3 Å². The standard InChI is InChI=1S/C22H24F2N4O3/c1-5-14-12-15(16-8-10-26-19(25)27-16)6-7-17(14)30-18-9-11-28(13-22(18,23)24)20(29)31-21(2,3)4/h1,6-8,10,12,18H,9,11,13H2,2-4H3,(H2,25,26,27). The van der Waals surface area contributed by atoms with Crippen LogP contribution >= 0.6 is 0 Å². The third kappa shape index (κ3) is 5.40. The third-order valence-corrected chi connectivity index (χ3v) is 4.56. The summed E-state index contributed by atoms with van der Waals surface area (Å²) in [6.45, 7) is 4.33. The van der Waals surface area contributed by atoms with Gasteiger partial charge in [0.15, 0.2) is 6.10 Å². The van der Waals surface area contributed by atoms with Crippen LogP contribution in [-0.4, -0.2) is 51.7 Å². The predicted octanol–water partition coefficient (Wildman–Crippen LogP) is 3.73. The second-order valence-electron chi connectivity index (χ2n) is 8.21. The quantitative estimate of drug-likeness (QED) is 0.747. The van der Waals surface area contributed by atoms with Gasteiger partial charge in [-0.15, -0.1) is 6.42 Å². The average molecular weight is 430 g/mol. The largest absolute Gasteiger partial charge is 0.483 e. The van der Waals surface area contributed by atoms with Crippen LogP contribution in [0.25, 0.3) is 11.3 Å². The van der Waals surface area contributed by atoms with Crippen LogP contribution in [0.5, 0.6) is 5.75 Å². The summed E-state index contributed by atoms with van der Waals surface area (Å²) in [5.41, 5.74) is 6.35. The molecule has 1 atom stereocenters. The minimum Gasteiger partial charge on any atom is -0.483 e. The van der Waals surface area contributed by atoms with Crippen molar-refractivity contribution in [3.8, 4) is 29.4 Å². The molecule has 1 unspecified atom stereocenters. The summed E-state index contributed by atoms with van der Waals surface area (Å²) in [7, 11) is 0. The fourth-order valence-corrected chi connectivity index (χ4v) is 3.14. The van der Waals surface area contributed by atoms with E-state index in [4.69, 9.17) is 21.6 Å². The zero-order valence-electron chi connectivity index (χ0n) is 17.6. The molecule has 1 saturated heterocycles. The van der Waals surface area contributed by atoms with Gasteiger partial charge in [-0.25, -0.2) is 23.5 Å². The lowest BCUT2D eigenvalue weighted by molar-refractivity contribution is -0.137. The van der Waals surface area contributed by atoms with E-state index in [2.05, 4.69) is 15.9 Å². The smallest absolute Gasteiger partial charge is 0.410 e. The van der Waals surface area contributed by atoms with Crippen molar-refractivity contribution < 1.29 is 23.0 Å². The summed E-state index contributed by atoms with van der Waals surface area (Å²) in [5.74, 6) is -0.552. The number of nitrogens with zero attached hydrogens (tertiary/aromatic N) is 3. The Hall–Kier alpha value is -3.41. The zero-order chi connectivity index (χ0) is 22.8. The highest BCUT2D eigenvalue weighted by Gasteiger charge is 2.48. The first kappa shape index (κ1) is 22.3. The van der Waals surface area contributed by atoms with Crippen molar-refractivity contribution in [2.45, 2.75) is 44.8 Å². The lowest BCUT2D eigenvalue weighted by atomic mass is 10.0. The Morgan fingerprint density at radius 2 is 2.10 bits per heavy atom. The van der Waals surface area contributed by atoms with E-state index in [1.807, 2.05) is 0 Å². The molecule has 0 aliphatic carbocycles. The van der Waals surface area contributed by atoms with Crippen LogP contribution in [0, 0.1) is 12.3 Å². The fourth-order valence-electron chi connectivity index (χ4n) is 3.14. The van der Waals surface area contributed by atoms with Gasteiger partial charge in [-0.1, -0.05) is 5.92 Å². The molecule has 164 valence electrons. The van der Waals surface area contributed by atoms with E-state index in [-0.39, 0.29) is 24.7 Å². The Bertz CT molecular complexity index is 1010. The number of hydrogen-bond donors (Lipinski definition) is 1. The number of rotatable bonds is 3. The molecule has 9 heteroatoms. The normalized spacial score (nSPS) is 18.2. The highest BCUT2D eigenvalue weighted by atomic mass is 19.3. The van der Waals surface area contributed by atoms with Gasteiger partial charge >= 0.3 is 12.0 Å². The number of carbonyl (C=O) groups excluding carboxylic acids is 1. The van der Waals surface area contributed by atoms with Crippen molar-refractivity contribution in [2.75, 3.05) is 18.8 Å². The first-order valence-corrected chi connectivity index (χ1v) is 9.70. The Balaban J connectivity index is 1.75. The van der Waals surface area contributed by atoms with Gasteiger partial charge < -0.3 is 20.1 Å². The SMILES string of the molecule is C#Cc1cc(-c2ccnc(N)n2)ccc1OC1CCN(C(=O)OC(C)(C)C)CC1(F)F. The van der Waals surface area contributed by atoms with Crippen molar-refractivity contribution in [1.82, 2.24) is 14.9 Å². The molecular formula is C22H24F2N4O3. The molecule has 0 spiro atoms. The topological polar surface area (TPSA) is 90.6 Å². The number of likely N-dealkylation sites (tertiary alicyclic amines) is 1. The Morgan fingerprint density at radius 1 is 1.35 bits per heavy atom. The van der Waals surface area contributed by atoms with Gasteiger partial charge in [0.25, 0.3) is 0 Å². The highest BCUT2D eigenvalue weighted by Crippen LogP contribution is 2.34. The number of aromatic nitrogens is 2. The maximum absolute atomic E-state index is 14.8. The van der Waals surface area contributed by atoms with Crippen LogP contribution < -0.4 is 10.5 Å². The number of benzene rings is 1. The van der Waals surface area contributed by atoms with Gasteiger partial charge in [0.2, 0.25) is 5.95 Å². The number of amides is 1. The van der Waals surface area contributed by atoms with Gasteiger partial charge in [-0.05, 0) is 45.0 Å². The third-order valence-electron chi connectivity index (χ3n) is 4.56. The molecule has 7 nitrogen and oxygen atoms in total. The number of piperidine rings is 1. The molecule has 3 rings (SSSR count). The summed E-state index contributed by atoms with van der Waals surface area (Å²) in [4.78, 5) is 21.1. The molecule has 1 fully saturated rings. The molecule has 1 aliphatic heterocycles. The van der Waals surface area contributed by atoms with Gasteiger partial charge in [0.05, 0.1) is 17.8 Å². The number of halogens is 2. The summed E-state index contributed by atoms with van der Waals surface area (Å²) >= 11 is 0. The van der Waals surface area contributed by atoms with Crippen molar-refractivity contribution in [3.05, 3.63) is 36.0 Å². The van der Waals surface area contributed by atoms with Crippen LogP contribution in [0.4, 0.5) is 19.5 Å². The number of anilines is 1. The molecule has 0 saturated carbocycles. The molecule has 31 heavy (non-hydrogen) atoms. The molecular weight excluding hydrogens is 406 g/mol. The summed E-state index contributed by atoms with van der Waals surface area (Å²) < 4.78 is 40.3. The second kappa shape index (κ2) is 8.38. The van der Waals surface area contributed by atoms with E-state index in [9.17, 15) is 13.6 Å². The number of hydrogen-bond acceptors (Lipinski definition) is 6. The van der Waals surface area contributed by atoms with Crippen molar-refractivity contribution in [1.29, 1.82) is 0 Å². The molecule has 1 aromatic heterocycles. The zero-order valence-corrected chi connectivity index (χ0v) is 17.6. The number of alkyl halides is 2. The van der Waals surface area contributed by atoms with E-state index in [0.717, 1.165) is 4.90 Å². The maximum Gasteiger partial charge on any atom is 0.410 e. The minimum atomic E-state index is -3.28. The number of nitrogens with two attached hydrogens (primary N) is 1. The van der Waals surface area contributed by atoms with Gasteiger partial charge in [0.1, 0.15) is 11.4 Å². The summed E-state index contributed by atoms with van der Waals surface area (Å²) in [6, 6.07) is 6.46. The Kier molecular flexibility index (Phi) is 6.02. The molecule has 2 N–H and O–H groups in total. The van der Waals surface area contributed by atoms with E-state index in [1.54, 1.807) is 39.0 Å². The molecule has 2 heterocycles. The number of carbonyl (C=O) groups is 1. The Labute approximate surface area is 179 Å². The van der Waals surface area contributed by atoms with Crippen LogP contribution in [0.15, 0.2) is 30.5 Å². The number of nitrogen functional groups attached to an aromatic ring is 1. The highest BCUT2D eigenvalue weighted by molar-refractivity contribution is 5.68. The van der Waals surface area contributed by atoms with Crippen LogP contribution in [-0.2, 0) is 4.74 Å². The number of terminal acetylenes is 1.